The number of hydrogen-bond acceptors (Lipinski definition) is 2. The van der Waals surface area contributed by atoms with Crippen molar-refractivity contribution in [2.45, 2.75) is 19.4 Å². The Balaban J connectivity index is 2.41. The summed E-state index contributed by atoms with van der Waals surface area (Å²) in [6.07, 6.45) is 1.07. The Labute approximate surface area is 80.5 Å². The minimum Gasteiger partial charge on any atom is -0.253 e. The van der Waals surface area contributed by atoms with Crippen LogP contribution in [-0.2, 0) is 6.42 Å². The number of benzene rings is 1. The van der Waals surface area contributed by atoms with Crippen LogP contribution in [0.25, 0.3) is 0 Å². The molecule has 0 aliphatic heterocycles. The van der Waals surface area contributed by atoms with E-state index in [0.717, 1.165) is 6.42 Å². The summed E-state index contributed by atoms with van der Waals surface area (Å²) in [6.45, 7) is 2.19. The molecule has 1 atom stereocenters. The van der Waals surface area contributed by atoms with Crippen LogP contribution in [0.3, 0.4) is 0 Å². The summed E-state index contributed by atoms with van der Waals surface area (Å²) in [4.78, 5) is 0. The Morgan fingerprint density at radius 2 is 1.85 bits per heavy atom. The van der Waals surface area contributed by atoms with Crippen molar-refractivity contribution in [3.8, 4) is 0 Å². The number of nitrogens with one attached hydrogen (secondary N) is 1. The molecule has 1 aromatic carbocycles. The molecule has 72 valence electrons. The van der Waals surface area contributed by atoms with Gasteiger partial charge < -0.3 is 0 Å². The fourth-order valence-electron chi connectivity index (χ4n) is 1.45. The highest BCUT2D eigenvalue weighted by molar-refractivity contribution is 5.15. The van der Waals surface area contributed by atoms with E-state index in [-0.39, 0.29) is 0 Å². The highest BCUT2D eigenvalue weighted by Gasteiger charge is 2.02. The molecule has 1 unspecified atom stereocenters. The Morgan fingerprint density at radius 1 is 1.23 bits per heavy atom. The molecule has 0 saturated heterocycles. The number of nitrogens with zero attached hydrogens (tertiary/aromatic N) is 1. The molecule has 0 amide bonds. The van der Waals surface area contributed by atoms with Gasteiger partial charge in [-0.2, -0.15) is 0 Å². The minimum atomic E-state index is 0.484. The molecule has 0 aliphatic carbocycles. The summed E-state index contributed by atoms with van der Waals surface area (Å²) in [7, 11) is 4.03. The first-order chi connectivity index (χ1) is 6.18. The number of hydrazine groups is 1. The molecule has 0 bridgehead atoms. The molecule has 1 aromatic rings. The fourth-order valence-corrected chi connectivity index (χ4v) is 1.45. The summed E-state index contributed by atoms with van der Waals surface area (Å²) in [5, 5.41) is 1.99. The van der Waals surface area contributed by atoms with Gasteiger partial charge in [0.05, 0.1) is 0 Å². The van der Waals surface area contributed by atoms with Crippen LogP contribution in [0.5, 0.6) is 0 Å². The molecule has 0 spiro atoms. The van der Waals surface area contributed by atoms with Crippen molar-refractivity contribution in [1.29, 1.82) is 0 Å². The summed E-state index contributed by atoms with van der Waals surface area (Å²) >= 11 is 0. The topological polar surface area (TPSA) is 15.3 Å². The molecule has 1 rings (SSSR count). The normalized spacial score (nSPS) is 13.2. The Morgan fingerprint density at radius 3 is 2.38 bits per heavy atom. The molecular weight excluding hydrogens is 160 g/mol. The highest BCUT2D eigenvalue weighted by Crippen LogP contribution is 2.02. The van der Waals surface area contributed by atoms with E-state index in [1.807, 2.05) is 25.2 Å². The zero-order chi connectivity index (χ0) is 9.68. The smallest absolute Gasteiger partial charge is 0.0227 e. The van der Waals surface area contributed by atoms with Crippen LogP contribution < -0.4 is 5.43 Å². The van der Waals surface area contributed by atoms with Gasteiger partial charge in [0.15, 0.2) is 0 Å². The molecule has 0 fully saturated rings. The van der Waals surface area contributed by atoms with Crippen molar-refractivity contribution in [3.05, 3.63) is 35.9 Å². The van der Waals surface area contributed by atoms with Gasteiger partial charge in [-0.1, -0.05) is 30.3 Å². The molecule has 1 N–H and O–H groups in total. The first-order valence-corrected chi connectivity index (χ1v) is 4.66. The maximum atomic E-state index is 3.32. The number of hydrogen-bond donors (Lipinski definition) is 1. The largest absolute Gasteiger partial charge is 0.253 e. The average Bonchev–Trinajstić information content (AvgIpc) is 2.04. The lowest BCUT2D eigenvalue weighted by molar-refractivity contribution is 0.249. The molecule has 0 heterocycles. The van der Waals surface area contributed by atoms with Gasteiger partial charge in [-0.25, -0.2) is 0 Å². The van der Waals surface area contributed by atoms with Gasteiger partial charge in [0.2, 0.25) is 0 Å². The van der Waals surface area contributed by atoms with Gasteiger partial charge in [0.1, 0.15) is 0 Å². The molecular formula is C11H18N2. The van der Waals surface area contributed by atoms with Crippen molar-refractivity contribution in [1.82, 2.24) is 10.4 Å². The molecule has 0 saturated carbocycles. The standard InChI is InChI=1S/C11H18N2/c1-10(12-13(2)3)9-11-7-5-4-6-8-11/h4-8,10,12H,9H2,1-3H3. The van der Waals surface area contributed by atoms with Gasteiger partial charge in [-0.15, -0.1) is 0 Å². The third-order valence-corrected chi connectivity index (χ3v) is 1.86. The second-order valence-corrected chi connectivity index (χ2v) is 3.61. The van der Waals surface area contributed by atoms with Crippen molar-refractivity contribution in [3.63, 3.8) is 0 Å². The predicted octanol–water partition coefficient (Wildman–Crippen LogP) is 1.68. The summed E-state index contributed by atoms with van der Waals surface area (Å²) in [5.41, 5.74) is 4.70. The maximum absolute atomic E-state index is 3.32. The second-order valence-electron chi connectivity index (χ2n) is 3.61. The van der Waals surface area contributed by atoms with Crippen LogP contribution in [-0.4, -0.2) is 25.1 Å². The van der Waals surface area contributed by atoms with Crippen LogP contribution in [0.2, 0.25) is 0 Å². The molecule has 2 nitrogen and oxygen atoms in total. The van der Waals surface area contributed by atoms with Crippen LogP contribution in [0.4, 0.5) is 0 Å². The highest BCUT2D eigenvalue weighted by atomic mass is 15.5. The summed E-state index contributed by atoms with van der Waals surface area (Å²) < 4.78 is 0. The number of rotatable bonds is 4. The SMILES string of the molecule is CC(Cc1ccccc1)NN(C)C. The first kappa shape index (κ1) is 10.2. The van der Waals surface area contributed by atoms with E-state index in [9.17, 15) is 0 Å². The molecule has 0 radical (unpaired) electrons. The third-order valence-electron chi connectivity index (χ3n) is 1.86. The van der Waals surface area contributed by atoms with E-state index >= 15 is 0 Å². The fraction of sp³-hybridized carbons (Fsp3) is 0.455. The van der Waals surface area contributed by atoms with E-state index in [1.165, 1.54) is 5.56 Å². The van der Waals surface area contributed by atoms with Gasteiger partial charge in [-0.05, 0) is 18.9 Å². The predicted molar refractivity (Wildman–Crippen MR) is 56.4 cm³/mol. The van der Waals surface area contributed by atoms with Crippen LogP contribution >= 0.6 is 0 Å². The van der Waals surface area contributed by atoms with E-state index in [1.54, 1.807) is 0 Å². The summed E-state index contributed by atoms with van der Waals surface area (Å²) in [6, 6.07) is 11.0. The molecule has 13 heavy (non-hydrogen) atoms. The van der Waals surface area contributed by atoms with E-state index < -0.39 is 0 Å². The van der Waals surface area contributed by atoms with Gasteiger partial charge in [0.25, 0.3) is 0 Å². The van der Waals surface area contributed by atoms with Crippen molar-refractivity contribution in [2.75, 3.05) is 14.1 Å². The van der Waals surface area contributed by atoms with Gasteiger partial charge in [0, 0.05) is 20.1 Å². The van der Waals surface area contributed by atoms with Gasteiger partial charge in [-0.3, -0.25) is 10.4 Å². The lowest BCUT2D eigenvalue weighted by Crippen LogP contribution is -2.39. The van der Waals surface area contributed by atoms with E-state index in [2.05, 4.69) is 36.6 Å². The lowest BCUT2D eigenvalue weighted by Gasteiger charge is -2.19. The lowest BCUT2D eigenvalue weighted by atomic mass is 10.1. The average molecular weight is 178 g/mol. The Hall–Kier alpha value is -0.860. The zero-order valence-corrected chi connectivity index (χ0v) is 8.62. The van der Waals surface area contributed by atoms with E-state index in [0.29, 0.717) is 6.04 Å². The quantitative estimate of drug-likeness (QED) is 0.706. The maximum Gasteiger partial charge on any atom is 0.0227 e. The van der Waals surface area contributed by atoms with Crippen molar-refractivity contribution < 1.29 is 0 Å². The van der Waals surface area contributed by atoms with Crippen molar-refractivity contribution >= 4 is 0 Å². The first-order valence-electron chi connectivity index (χ1n) is 4.66. The molecule has 0 aliphatic rings. The van der Waals surface area contributed by atoms with Crippen LogP contribution in [0.1, 0.15) is 12.5 Å². The Bertz CT molecular complexity index is 231. The minimum absolute atomic E-state index is 0.484. The summed E-state index contributed by atoms with van der Waals surface area (Å²) in [5.74, 6) is 0. The van der Waals surface area contributed by atoms with Crippen LogP contribution in [0, 0.1) is 0 Å². The van der Waals surface area contributed by atoms with Gasteiger partial charge >= 0.3 is 0 Å². The zero-order valence-electron chi connectivity index (χ0n) is 8.62. The Kier molecular flexibility index (Phi) is 3.93. The molecule has 0 aromatic heterocycles. The molecule has 2 heteroatoms. The second kappa shape index (κ2) is 5.00. The third kappa shape index (κ3) is 4.06. The monoisotopic (exact) mass is 178 g/mol. The van der Waals surface area contributed by atoms with E-state index in [4.69, 9.17) is 0 Å². The van der Waals surface area contributed by atoms with Crippen molar-refractivity contribution in [2.24, 2.45) is 0 Å². The van der Waals surface area contributed by atoms with Crippen LogP contribution in [0.15, 0.2) is 30.3 Å².